The van der Waals surface area contributed by atoms with Gasteiger partial charge in [0.1, 0.15) is 0 Å². The van der Waals surface area contributed by atoms with Crippen LogP contribution in [-0.2, 0) is 0 Å². The molecule has 0 spiro atoms. The molecule has 2 aromatic rings. The van der Waals surface area contributed by atoms with E-state index in [2.05, 4.69) is 51.8 Å². The number of aliphatic hydroxyl groups is 1. The summed E-state index contributed by atoms with van der Waals surface area (Å²) in [6, 6.07) is 16.1. The van der Waals surface area contributed by atoms with Gasteiger partial charge in [-0.2, -0.15) is 0 Å². The Bertz CT molecular complexity index is 530. The number of hydrogen-bond acceptors (Lipinski definition) is 3. The molecule has 0 bridgehead atoms. The van der Waals surface area contributed by atoms with Gasteiger partial charge >= 0.3 is 0 Å². The summed E-state index contributed by atoms with van der Waals surface area (Å²) < 4.78 is 1.02. The maximum absolute atomic E-state index is 9.56. The predicted molar refractivity (Wildman–Crippen MR) is 85.8 cm³/mol. The minimum Gasteiger partial charge on any atom is -0.394 e. The van der Waals surface area contributed by atoms with Crippen molar-refractivity contribution >= 4 is 33.4 Å². The molecule has 1 unspecified atom stereocenters. The first kappa shape index (κ1) is 14.4. The Morgan fingerprint density at radius 1 is 1.21 bits per heavy atom. The van der Waals surface area contributed by atoms with Crippen LogP contribution in [0.15, 0.2) is 57.9 Å². The molecular weight excluding hydrogens is 322 g/mol. The fourth-order valence-corrected chi connectivity index (χ4v) is 2.66. The lowest BCUT2D eigenvalue weighted by Gasteiger charge is -2.18. The lowest BCUT2D eigenvalue weighted by molar-refractivity contribution is 0.276. The van der Waals surface area contributed by atoms with Crippen molar-refractivity contribution in [3.8, 4) is 0 Å². The van der Waals surface area contributed by atoms with Crippen LogP contribution in [-0.4, -0.2) is 18.0 Å². The predicted octanol–water partition coefficient (Wildman–Crippen LogP) is 4.32. The first-order valence-corrected chi connectivity index (χ1v) is 8.01. The molecule has 100 valence electrons. The van der Waals surface area contributed by atoms with E-state index in [0.717, 1.165) is 15.7 Å². The molecule has 0 aliphatic heterocycles. The van der Waals surface area contributed by atoms with E-state index in [0.29, 0.717) is 0 Å². The van der Waals surface area contributed by atoms with E-state index in [1.54, 1.807) is 11.8 Å². The zero-order valence-corrected chi connectivity index (χ0v) is 13.0. The van der Waals surface area contributed by atoms with Gasteiger partial charge < -0.3 is 10.4 Å². The molecule has 2 aromatic carbocycles. The molecule has 0 fully saturated rings. The van der Waals surface area contributed by atoms with Gasteiger partial charge in [0.15, 0.2) is 0 Å². The molecule has 2 N–H and O–H groups in total. The molecule has 2 nitrogen and oxygen atoms in total. The van der Waals surface area contributed by atoms with Crippen LogP contribution < -0.4 is 5.32 Å². The lowest BCUT2D eigenvalue weighted by atomic mass is 10.1. The lowest BCUT2D eigenvalue weighted by Crippen LogP contribution is -2.14. The van der Waals surface area contributed by atoms with Crippen molar-refractivity contribution in [2.24, 2.45) is 0 Å². The van der Waals surface area contributed by atoms with Crippen LogP contribution in [0.4, 0.5) is 5.69 Å². The third-order valence-electron chi connectivity index (χ3n) is 2.87. The maximum atomic E-state index is 9.56. The Morgan fingerprint density at radius 3 is 2.53 bits per heavy atom. The number of benzene rings is 2. The van der Waals surface area contributed by atoms with Crippen molar-refractivity contribution < 1.29 is 5.11 Å². The molecule has 0 aromatic heterocycles. The van der Waals surface area contributed by atoms with Crippen LogP contribution in [0.5, 0.6) is 0 Å². The summed E-state index contributed by atoms with van der Waals surface area (Å²) >= 11 is 5.16. The van der Waals surface area contributed by atoms with E-state index < -0.39 is 0 Å². The van der Waals surface area contributed by atoms with E-state index >= 15 is 0 Å². The summed E-state index contributed by atoms with van der Waals surface area (Å²) in [5.74, 6) is 0. The molecule has 4 heteroatoms. The Labute approximate surface area is 126 Å². The van der Waals surface area contributed by atoms with Gasteiger partial charge in [-0.05, 0) is 42.2 Å². The molecule has 0 radical (unpaired) electrons. The second-order valence-corrected chi connectivity index (χ2v) is 5.96. The van der Waals surface area contributed by atoms with Crippen LogP contribution in [0.1, 0.15) is 11.6 Å². The molecule has 0 heterocycles. The molecule has 1 atom stereocenters. The Kier molecular flexibility index (Phi) is 5.31. The second kappa shape index (κ2) is 6.98. The molecule has 0 saturated heterocycles. The second-order valence-electron chi connectivity index (χ2n) is 4.16. The first-order chi connectivity index (χ1) is 9.22. The van der Waals surface area contributed by atoms with Crippen LogP contribution in [0.3, 0.4) is 0 Å². The largest absolute Gasteiger partial charge is 0.394 e. The molecule has 0 amide bonds. The van der Waals surface area contributed by atoms with Crippen molar-refractivity contribution in [2.75, 3.05) is 18.2 Å². The molecular formula is C15H16BrNOS. The summed E-state index contributed by atoms with van der Waals surface area (Å²) in [6.45, 7) is 0.0606. The van der Waals surface area contributed by atoms with E-state index in [1.807, 2.05) is 24.3 Å². The Morgan fingerprint density at radius 2 is 1.95 bits per heavy atom. The van der Waals surface area contributed by atoms with Crippen LogP contribution in [0.2, 0.25) is 0 Å². The average molecular weight is 338 g/mol. The highest BCUT2D eigenvalue weighted by atomic mass is 79.9. The van der Waals surface area contributed by atoms with Gasteiger partial charge in [0.2, 0.25) is 0 Å². The summed E-state index contributed by atoms with van der Waals surface area (Å²) in [4.78, 5) is 1.22. The minimum atomic E-state index is -0.0924. The van der Waals surface area contributed by atoms with Crippen molar-refractivity contribution in [1.29, 1.82) is 0 Å². The maximum Gasteiger partial charge on any atom is 0.0745 e. The topological polar surface area (TPSA) is 32.3 Å². The quantitative estimate of drug-likeness (QED) is 0.797. The van der Waals surface area contributed by atoms with Crippen LogP contribution >= 0.6 is 27.7 Å². The summed E-state index contributed by atoms with van der Waals surface area (Å²) in [7, 11) is 0. The third-order valence-corrected chi connectivity index (χ3v) is 4.10. The number of anilines is 1. The highest BCUT2D eigenvalue weighted by Crippen LogP contribution is 2.24. The fraction of sp³-hybridized carbons (Fsp3) is 0.200. The minimum absolute atomic E-state index is 0.0606. The zero-order valence-electron chi connectivity index (χ0n) is 10.6. The van der Waals surface area contributed by atoms with Gasteiger partial charge in [0.25, 0.3) is 0 Å². The standard InChI is InChI=1S/C15H16BrNOS/c1-19-14-7-5-11(6-8-14)15(10-18)17-13-4-2-3-12(16)9-13/h2-9,15,17-18H,10H2,1H3. The van der Waals surface area contributed by atoms with Gasteiger partial charge in [-0.25, -0.2) is 0 Å². The molecule has 2 rings (SSSR count). The smallest absolute Gasteiger partial charge is 0.0745 e. The number of thioether (sulfide) groups is 1. The van der Waals surface area contributed by atoms with Gasteiger partial charge in [-0.3, -0.25) is 0 Å². The van der Waals surface area contributed by atoms with E-state index in [-0.39, 0.29) is 12.6 Å². The van der Waals surface area contributed by atoms with Gasteiger partial charge in [0.05, 0.1) is 12.6 Å². The molecule has 0 aliphatic carbocycles. The molecule has 0 saturated carbocycles. The van der Waals surface area contributed by atoms with Crippen LogP contribution in [0, 0.1) is 0 Å². The zero-order chi connectivity index (χ0) is 13.7. The normalized spacial score (nSPS) is 12.2. The highest BCUT2D eigenvalue weighted by Gasteiger charge is 2.10. The number of aliphatic hydroxyl groups excluding tert-OH is 1. The third kappa shape index (κ3) is 4.00. The number of rotatable bonds is 5. The van der Waals surface area contributed by atoms with Gasteiger partial charge in [-0.15, -0.1) is 11.8 Å². The SMILES string of the molecule is CSc1ccc(C(CO)Nc2cccc(Br)c2)cc1. The van der Waals surface area contributed by atoms with Gasteiger partial charge in [-0.1, -0.05) is 34.1 Å². The monoisotopic (exact) mass is 337 g/mol. The van der Waals surface area contributed by atoms with Crippen molar-refractivity contribution in [3.63, 3.8) is 0 Å². The van der Waals surface area contributed by atoms with Gasteiger partial charge in [0, 0.05) is 15.1 Å². The number of nitrogens with one attached hydrogen (secondary N) is 1. The Balaban J connectivity index is 2.15. The summed E-state index contributed by atoms with van der Waals surface area (Å²) in [5.41, 5.74) is 2.07. The molecule has 0 aliphatic rings. The Hall–Kier alpha value is -0.970. The van der Waals surface area contributed by atoms with E-state index in [4.69, 9.17) is 0 Å². The molecule has 19 heavy (non-hydrogen) atoms. The number of halogens is 1. The average Bonchev–Trinajstić information content (AvgIpc) is 2.45. The van der Waals surface area contributed by atoms with Crippen molar-refractivity contribution in [2.45, 2.75) is 10.9 Å². The highest BCUT2D eigenvalue weighted by molar-refractivity contribution is 9.10. The van der Waals surface area contributed by atoms with Crippen molar-refractivity contribution in [1.82, 2.24) is 0 Å². The summed E-state index contributed by atoms with van der Waals surface area (Å²) in [6.07, 6.45) is 2.05. The van der Waals surface area contributed by atoms with Crippen molar-refractivity contribution in [3.05, 3.63) is 58.6 Å². The first-order valence-electron chi connectivity index (χ1n) is 6.00. The van der Waals surface area contributed by atoms with E-state index in [9.17, 15) is 5.11 Å². The summed E-state index contributed by atoms with van der Waals surface area (Å²) in [5, 5.41) is 12.9. The van der Waals surface area contributed by atoms with Crippen LogP contribution in [0.25, 0.3) is 0 Å². The fourth-order valence-electron chi connectivity index (χ4n) is 1.85. The van der Waals surface area contributed by atoms with E-state index in [1.165, 1.54) is 4.90 Å². The number of hydrogen-bond donors (Lipinski definition) is 2.